The SMILES string of the molecule is CC1OCCc2ccnc[n+]21. The minimum atomic E-state index is 0.146. The van der Waals surface area contributed by atoms with Gasteiger partial charge < -0.3 is 4.74 Å². The number of rotatable bonds is 0. The molecule has 58 valence electrons. The molecule has 1 aliphatic rings. The molecule has 0 saturated carbocycles. The monoisotopic (exact) mass is 151 g/mol. The zero-order valence-corrected chi connectivity index (χ0v) is 6.53. The Labute approximate surface area is 65.6 Å². The normalized spacial score (nSPS) is 22.8. The number of hydrogen-bond donors (Lipinski definition) is 0. The molecular weight excluding hydrogens is 140 g/mol. The van der Waals surface area contributed by atoms with E-state index in [9.17, 15) is 0 Å². The largest absolute Gasteiger partial charge is 0.339 e. The van der Waals surface area contributed by atoms with Crippen LogP contribution in [-0.4, -0.2) is 11.6 Å². The van der Waals surface area contributed by atoms with Crippen molar-refractivity contribution in [2.45, 2.75) is 19.6 Å². The van der Waals surface area contributed by atoms with Gasteiger partial charge in [0.15, 0.2) is 6.23 Å². The van der Waals surface area contributed by atoms with Crippen LogP contribution < -0.4 is 4.57 Å². The minimum Gasteiger partial charge on any atom is -0.339 e. The third-order valence-corrected chi connectivity index (χ3v) is 1.98. The summed E-state index contributed by atoms with van der Waals surface area (Å²) in [5, 5.41) is 0. The second-order valence-electron chi connectivity index (χ2n) is 2.70. The number of nitrogens with zero attached hydrogens (tertiary/aromatic N) is 2. The highest BCUT2D eigenvalue weighted by Crippen LogP contribution is 2.06. The third kappa shape index (κ3) is 1.12. The lowest BCUT2D eigenvalue weighted by molar-refractivity contribution is -0.775. The van der Waals surface area contributed by atoms with Crippen LogP contribution >= 0.6 is 0 Å². The van der Waals surface area contributed by atoms with Crippen molar-refractivity contribution in [1.82, 2.24) is 4.98 Å². The van der Waals surface area contributed by atoms with Crippen molar-refractivity contribution in [3.63, 3.8) is 0 Å². The van der Waals surface area contributed by atoms with Crippen LogP contribution in [0, 0.1) is 0 Å². The maximum atomic E-state index is 5.43. The summed E-state index contributed by atoms with van der Waals surface area (Å²) in [7, 11) is 0. The molecule has 0 spiro atoms. The van der Waals surface area contributed by atoms with Gasteiger partial charge in [-0.25, -0.2) is 4.57 Å². The fraction of sp³-hybridized carbons (Fsp3) is 0.500. The van der Waals surface area contributed by atoms with E-state index in [0.717, 1.165) is 13.0 Å². The Bertz CT molecular complexity index is 262. The molecule has 1 unspecified atom stereocenters. The lowest BCUT2D eigenvalue weighted by Gasteiger charge is -2.18. The first-order chi connectivity index (χ1) is 5.38. The smallest absolute Gasteiger partial charge is 0.288 e. The molecule has 0 N–H and O–H groups in total. The summed E-state index contributed by atoms with van der Waals surface area (Å²) in [5.41, 5.74) is 1.30. The van der Waals surface area contributed by atoms with Gasteiger partial charge in [-0.1, -0.05) is 4.98 Å². The van der Waals surface area contributed by atoms with Crippen LogP contribution in [0.1, 0.15) is 18.8 Å². The highest BCUT2D eigenvalue weighted by molar-refractivity contribution is 4.92. The summed E-state index contributed by atoms with van der Waals surface area (Å²) in [6, 6.07) is 2.04. The van der Waals surface area contributed by atoms with E-state index in [0.29, 0.717) is 0 Å². The van der Waals surface area contributed by atoms with Gasteiger partial charge in [-0.2, -0.15) is 0 Å². The summed E-state index contributed by atoms with van der Waals surface area (Å²) in [4.78, 5) is 4.03. The van der Waals surface area contributed by atoms with Gasteiger partial charge in [0.25, 0.3) is 6.33 Å². The predicted octanol–water partition coefficient (Wildman–Crippen LogP) is 0.460. The second-order valence-corrected chi connectivity index (χ2v) is 2.70. The molecule has 3 nitrogen and oxygen atoms in total. The average molecular weight is 151 g/mol. The Kier molecular flexibility index (Phi) is 1.58. The van der Waals surface area contributed by atoms with Crippen molar-refractivity contribution in [3.8, 4) is 0 Å². The molecule has 0 aliphatic carbocycles. The fourth-order valence-electron chi connectivity index (χ4n) is 1.35. The van der Waals surface area contributed by atoms with Gasteiger partial charge >= 0.3 is 0 Å². The van der Waals surface area contributed by atoms with Crippen LogP contribution in [0.4, 0.5) is 0 Å². The summed E-state index contributed by atoms with van der Waals surface area (Å²) in [6.07, 6.45) is 4.78. The van der Waals surface area contributed by atoms with E-state index in [4.69, 9.17) is 4.74 Å². The fourth-order valence-corrected chi connectivity index (χ4v) is 1.35. The maximum absolute atomic E-state index is 5.43. The molecular formula is C8H11N2O+. The Morgan fingerprint density at radius 1 is 1.73 bits per heavy atom. The van der Waals surface area contributed by atoms with Crippen LogP contribution in [0.25, 0.3) is 0 Å². The molecule has 0 saturated heterocycles. The van der Waals surface area contributed by atoms with Gasteiger partial charge in [-0.05, 0) is 0 Å². The van der Waals surface area contributed by atoms with Crippen LogP contribution in [0.5, 0.6) is 0 Å². The minimum absolute atomic E-state index is 0.146. The van der Waals surface area contributed by atoms with Gasteiger partial charge in [0.2, 0.25) is 0 Å². The molecule has 1 aliphatic heterocycles. The first kappa shape index (κ1) is 6.73. The molecule has 0 radical (unpaired) electrons. The lowest BCUT2D eigenvalue weighted by atomic mass is 10.2. The van der Waals surface area contributed by atoms with Crippen LogP contribution in [-0.2, 0) is 11.2 Å². The number of aromatic nitrogens is 2. The first-order valence-electron chi connectivity index (χ1n) is 3.83. The van der Waals surface area contributed by atoms with Crippen molar-refractivity contribution in [2.75, 3.05) is 6.61 Å². The molecule has 0 amide bonds. The van der Waals surface area contributed by atoms with Gasteiger partial charge in [-0.3, -0.25) is 0 Å². The molecule has 1 aromatic heterocycles. The first-order valence-corrected chi connectivity index (χ1v) is 3.83. The number of hydrogen-bond acceptors (Lipinski definition) is 2. The van der Waals surface area contributed by atoms with E-state index in [-0.39, 0.29) is 6.23 Å². The van der Waals surface area contributed by atoms with Crippen molar-refractivity contribution in [3.05, 3.63) is 24.3 Å². The summed E-state index contributed by atoms with van der Waals surface area (Å²) in [5.74, 6) is 0. The van der Waals surface area contributed by atoms with E-state index in [1.807, 2.05) is 25.5 Å². The molecule has 1 aromatic rings. The van der Waals surface area contributed by atoms with Crippen molar-refractivity contribution >= 4 is 0 Å². The molecule has 11 heavy (non-hydrogen) atoms. The Morgan fingerprint density at radius 2 is 2.64 bits per heavy atom. The van der Waals surface area contributed by atoms with Gasteiger partial charge in [0.1, 0.15) is 11.9 Å². The quantitative estimate of drug-likeness (QED) is 0.503. The Morgan fingerprint density at radius 3 is 3.45 bits per heavy atom. The van der Waals surface area contributed by atoms with Crippen LogP contribution in [0.3, 0.4) is 0 Å². The number of ether oxygens (including phenoxy) is 1. The molecule has 0 bridgehead atoms. The van der Waals surface area contributed by atoms with E-state index >= 15 is 0 Å². The molecule has 2 heterocycles. The summed E-state index contributed by atoms with van der Waals surface area (Å²) in [6.45, 7) is 2.86. The summed E-state index contributed by atoms with van der Waals surface area (Å²) >= 11 is 0. The van der Waals surface area contributed by atoms with Crippen molar-refractivity contribution in [2.24, 2.45) is 0 Å². The molecule has 0 aromatic carbocycles. The molecule has 0 fully saturated rings. The average Bonchev–Trinajstić information content (AvgIpc) is 2.06. The lowest BCUT2D eigenvalue weighted by Crippen LogP contribution is -2.47. The predicted molar refractivity (Wildman–Crippen MR) is 38.8 cm³/mol. The van der Waals surface area contributed by atoms with Gasteiger partial charge in [-0.15, -0.1) is 0 Å². The highest BCUT2D eigenvalue weighted by Gasteiger charge is 2.19. The van der Waals surface area contributed by atoms with E-state index in [2.05, 4.69) is 9.55 Å². The highest BCUT2D eigenvalue weighted by atomic mass is 16.5. The summed E-state index contributed by atoms with van der Waals surface area (Å²) < 4.78 is 7.49. The van der Waals surface area contributed by atoms with E-state index < -0.39 is 0 Å². The molecule has 1 atom stereocenters. The van der Waals surface area contributed by atoms with Crippen molar-refractivity contribution in [1.29, 1.82) is 0 Å². The zero-order chi connectivity index (χ0) is 7.68. The van der Waals surface area contributed by atoms with Gasteiger partial charge in [0, 0.05) is 19.4 Å². The molecule has 3 heteroatoms. The van der Waals surface area contributed by atoms with E-state index in [1.165, 1.54) is 5.69 Å². The standard InChI is InChI=1S/C8H11N2O/c1-7-10-6-9-4-2-8(10)3-5-11-7/h2,4,6-7H,3,5H2,1H3/q+1. The second kappa shape index (κ2) is 2.58. The Hall–Kier alpha value is -0.960. The maximum Gasteiger partial charge on any atom is 0.288 e. The molecule has 2 rings (SSSR count). The Balaban J connectivity index is 2.44. The topological polar surface area (TPSA) is 26.0 Å². The van der Waals surface area contributed by atoms with Gasteiger partial charge in [0.05, 0.1) is 6.61 Å². The van der Waals surface area contributed by atoms with E-state index in [1.54, 1.807) is 0 Å². The zero-order valence-electron chi connectivity index (χ0n) is 6.53. The number of fused-ring (bicyclic) bond motifs is 1. The van der Waals surface area contributed by atoms with Crippen LogP contribution in [0.15, 0.2) is 18.6 Å². The third-order valence-electron chi connectivity index (χ3n) is 1.98. The van der Waals surface area contributed by atoms with Crippen molar-refractivity contribution < 1.29 is 9.30 Å². The van der Waals surface area contributed by atoms with Crippen LogP contribution in [0.2, 0.25) is 0 Å².